The van der Waals surface area contributed by atoms with Gasteiger partial charge < -0.3 is 9.84 Å². The number of carbonyl (C=O) groups is 1. The molecule has 1 aromatic heterocycles. The van der Waals surface area contributed by atoms with E-state index < -0.39 is 26.1 Å². The van der Waals surface area contributed by atoms with Crippen molar-refractivity contribution in [1.82, 2.24) is 9.78 Å². The summed E-state index contributed by atoms with van der Waals surface area (Å²) in [6.07, 6.45) is -3.28. The zero-order valence-electron chi connectivity index (χ0n) is 16.2. The number of carboxylic acid groups (broad SMARTS) is 1. The van der Waals surface area contributed by atoms with Crippen LogP contribution in [0.3, 0.4) is 0 Å². The average molecular weight is 405 g/mol. The van der Waals surface area contributed by atoms with E-state index >= 15 is 0 Å². The number of hydrogen-bond acceptors (Lipinski definition) is 4. The van der Waals surface area contributed by atoms with E-state index in [1.807, 2.05) is 0 Å². The number of carboxylic acids is 1. The highest BCUT2D eigenvalue weighted by Gasteiger charge is 2.37. The molecule has 0 spiro atoms. The van der Waals surface area contributed by atoms with E-state index in [4.69, 9.17) is 4.74 Å². The van der Waals surface area contributed by atoms with Crippen LogP contribution in [0.4, 0.5) is 19.0 Å². The van der Waals surface area contributed by atoms with Crippen LogP contribution < -0.4 is 0 Å². The number of hydrogen-bond donors (Lipinski definition) is 1. The molecule has 1 heterocycles. The lowest BCUT2D eigenvalue weighted by Crippen LogP contribution is -2.22. The van der Waals surface area contributed by atoms with Crippen molar-refractivity contribution in [2.24, 2.45) is 10.9 Å². The third kappa shape index (κ3) is 6.62. The van der Waals surface area contributed by atoms with Crippen LogP contribution in [0.1, 0.15) is 29.9 Å². The summed E-state index contributed by atoms with van der Waals surface area (Å²) in [6.45, 7) is 12.7. The van der Waals surface area contributed by atoms with Crippen molar-refractivity contribution in [3.8, 4) is 0 Å². The number of rotatable bonds is 9. The lowest BCUT2D eigenvalue weighted by molar-refractivity contribution is -0.158. The topological polar surface area (TPSA) is 76.7 Å². The maximum atomic E-state index is 12.9. The number of aliphatic imine (C=N–C) groups is 1. The fraction of sp³-hybridized carbons (Fsp3) is 0.588. The Morgan fingerprint density at radius 1 is 1.44 bits per heavy atom. The van der Waals surface area contributed by atoms with Gasteiger partial charge in [-0.3, -0.25) is 0 Å². The van der Waals surface area contributed by atoms with E-state index in [-0.39, 0.29) is 29.4 Å². The summed E-state index contributed by atoms with van der Waals surface area (Å²) in [5.74, 6) is -3.03. The van der Waals surface area contributed by atoms with Gasteiger partial charge in [0.05, 0.1) is 11.5 Å². The van der Waals surface area contributed by atoms with Gasteiger partial charge in [0.2, 0.25) is 0 Å². The molecule has 0 aliphatic heterocycles. The van der Waals surface area contributed by atoms with Crippen LogP contribution in [0.2, 0.25) is 25.7 Å². The summed E-state index contributed by atoms with van der Waals surface area (Å²) >= 11 is 0. The van der Waals surface area contributed by atoms with Crippen molar-refractivity contribution < 1.29 is 27.8 Å². The van der Waals surface area contributed by atoms with Gasteiger partial charge >= 0.3 is 12.1 Å². The van der Waals surface area contributed by atoms with Crippen LogP contribution in [0.5, 0.6) is 0 Å². The monoisotopic (exact) mass is 405 g/mol. The predicted molar refractivity (Wildman–Crippen MR) is 101 cm³/mol. The molecule has 1 unspecified atom stereocenters. The number of alkyl halides is 3. The van der Waals surface area contributed by atoms with Crippen molar-refractivity contribution in [3.05, 3.63) is 16.8 Å². The highest BCUT2D eigenvalue weighted by Crippen LogP contribution is 2.34. The second-order valence-electron chi connectivity index (χ2n) is 7.55. The summed E-state index contributed by atoms with van der Waals surface area (Å²) < 4.78 is 45.5. The first-order valence-corrected chi connectivity index (χ1v) is 12.1. The third-order valence-electron chi connectivity index (χ3n) is 4.07. The van der Waals surface area contributed by atoms with Gasteiger partial charge in [-0.15, -0.1) is 0 Å². The Balaban J connectivity index is 3.18. The summed E-state index contributed by atoms with van der Waals surface area (Å²) in [4.78, 5) is 15.3. The first kappa shape index (κ1) is 23.1. The molecule has 0 aromatic carbocycles. The molecule has 1 rings (SSSR count). The van der Waals surface area contributed by atoms with Crippen LogP contribution in [0, 0.1) is 5.92 Å². The van der Waals surface area contributed by atoms with Crippen molar-refractivity contribution in [2.75, 3.05) is 6.61 Å². The van der Waals surface area contributed by atoms with E-state index in [2.05, 4.69) is 36.4 Å². The van der Waals surface area contributed by atoms with E-state index in [1.54, 1.807) is 0 Å². The average Bonchev–Trinajstić information content (AvgIpc) is 2.86. The second kappa shape index (κ2) is 8.83. The lowest BCUT2D eigenvalue weighted by atomic mass is 9.99. The predicted octanol–water partition coefficient (Wildman–Crippen LogP) is 4.83. The van der Waals surface area contributed by atoms with Crippen molar-refractivity contribution >= 4 is 32.7 Å². The Labute approximate surface area is 157 Å². The Kier molecular flexibility index (Phi) is 7.55. The molecular weight excluding hydrogens is 379 g/mol. The molecule has 0 fully saturated rings. The van der Waals surface area contributed by atoms with Gasteiger partial charge in [0, 0.05) is 14.7 Å². The van der Waals surface area contributed by atoms with Crippen molar-refractivity contribution in [2.45, 2.75) is 52.4 Å². The fourth-order valence-electron chi connectivity index (χ4n) is 2.15. The van der Waals surface area contributed by atoms with Crippen LogP contribution in [-0.4, -0.2) is 48.4 Å². The van der Waals surface area contributed by atoms with Crippen LogP contribution >= 0.6 is 0 Å². The minimum absolute atomic E-state index is 0.0140. The van der Waals surface area contributed by atoms with E-state index in [0.29, 0.717) is 6.61 Å². The molecule has 1 N–H and O–H groups in total. The molecule has 0 bridgehead atoms. The number of aromatic carboxylic acids is 1. The zero-order valence-corrected chi connectivity index (χ0v) is 17.2. The molecule has 1 atom stereocenters. The highest BCUT2D eigenvalue weighted by molar-refractivity contribution is 6.76. The third-order valence-corrected chi connectivity index (χ3v) is 5.77. The first-order valence-electron chi connectivity index (χ1n) is 8.41. The molecule has 0 amide bonds. The molecule has 0 aliphatic rings. The van der Waals surface area contributed by atoms with Gasteiger partial charge in [-0.05, 0) is 32.7 Å². The SMILES string of the molecule is C=Nc1c(/C=C(\C)C(C)C(F)(F)F)c(C(=O)O)nn1COCC[Si](C)(C)C. The van der Waals surface area contributed by atoms with Crippen LogP contribution in [0.15, 0.2) is 10.6 Å². The second-order valence-corrected chi connectivity index (χ2v) is 13.2. The van der Waals surface area contributed by atoms with Gasteiger partial charge in [-0.25, -0.2) is 14.5 Å². The van der Waals surface area contributed by atoms with Gasteiger partial charge in [0.15, 0.2) is 11.5 Å². The molecule has 152 valence electrons. The molecule has 0 radical (unpaired) electrons. The maximum absolute atomic E-state index is 12.9. The molecule has 0 aliphatic carbocycles. The van der Waals surface area contributed by atoms with E-state index in [1.165, 1.54) is 11.6 Å². The molecule has 10 heteroatoms. The van der Waals surface area contributed by atoms with E-state index in [0.717, 1.165) is 19.0 Å². The Bertz CT molecular complexity index is 721. The van der Waals surface area contributed by atoms with Gasteiger partial charge in [0.1, 0.15) is 6.73 Å². The number of halogens is 3. The Morgan fingerprint density at radius 3 is 2.48 bits per heavy atom. The largest absolute Gasteiger partial charge is 0.476 e. The normalized spacial score (nSPS) is 14.3. The lowest BCUT2D eigenvalue weighted by Gasteiger charge is -2.16. The number of aromatic nitrogens is 2. The summed E-state index contributed by atoms with van der Waals surface area (Å²) in [6, 6.07) is 0.909. The summed E-state index contributed by atoms with van der Waals surface area (Å²) in [5, 5.41) is 13.3. The van der Waals surface area contributed by atoms with Crippen LogP contribution in [-0.2, 0) is 11.5 Å². The number of ether oxygens (including phenoxy) is 1. The Hall–Kier alpha value is -1.94. The molecule has 27 heavy (non-hydrogen) atoms. The Morgan fingerprint density at radius 2 is 2.04 bits per heavy atom. The summed E-state index contributed by atoms with van der Waals surface area (Å²) in [7, 11) is -1.29. The van der Waals surface area contributed by atoms with E-state index in [9.17, 15) is 23.1 Å². The molecule has 0 saturated heterocycles. The number of allylic oxidation sites excluding steroid dienone is 1. The molecular formula is C17H26F3N3O3Si. The first-order chi connectivity index (χ1) is 12.3. The fourth-order valence-corrected chi connectivity index (χ4v) is 2.91. The van der Waals surface area contributed by atoms with Crippen molar-refractivity contribution in [1.29, 1.82) is 0 Å². The maximum Gasteiger partial charge on any atom is 0.395 e. The quantitative estimate of drug-likeness (QED) is 0.363. The number of nitrogens with zero attached hydrogens (tertiary/aromatic N) is 3. The highest BCUT2D eigenvalue weighted by atomic mass is 28.3. The summed E-state index contributed by atoms with van der Waals surface area (Å²) in [5.41, 5.74) is -0.450. The van der Waals surface area contributed by atoms with Gasteiger partial charge in [-0.2, -0.15) is 18.3 Å². The van der Waals surface area contributed by atoms with Gasteiger partial charge in [-0.1, -0.05) is 25.2 Å². The van der Waals surface area contributed by atoms with Crippen LogP contribution in [0.25, 0.3) is 6.08 Å². The minimum atomic E-state index is -4.43. The molecule has 0 saturated carbocycles. The molecule has 6 nitrogen and oxygen atoms in total. The smallest absolute Gasteiger partial charge is 0.395 e. The zero-order chi connectivity index (χ0) is 21.0. The van der Waals surface area contributed by atoms with Gasteiger partial charge in [0.25, 0.3) is 0 Å². The minimum Gasteiger partial charge on any atom is -0.476 e. The standard InChI is InChI=1S/C17H26F3N3O3Si/c1-11(12(2)17(18,19)20)9-13-14(16(24)25)22-23(15(13)21-3)10-26-7-8-27(4,5)6/h9,12H,3,7-8,10H2,1-2,4-6H3,(H,24,25)/b11-9+. The molecule has 1 aromatic rings. The van der Waals surface area contributed by atoms with Crippen molar-refractivity contribution in [3.63, 3.8) is 0 Å².